The Balaban J connectivity index is 1.61. The minimum Gasteiger partial charge on any atom is -0.491 e. The van der Waals surface area contributed by atoms with Gasteiger partial charge < -0.3 is 10.1 Å². The SMILES string of the molecule is O=C1NCCOc2ccc(S(=O)(=O)Nc3cnn(-c4ccnc(F)c4)c3)cc21. The second-order valence-corrected chi connectivity index (χ2v) is 7.56. The second kappa shape index (κ2) is 6.93. The van der Waals surface area contributed by atoms with Crippen LogP contribution in [0.1, 0.15) is 10.4 Å². The number of rotatable bonds is 4. The maximum absolute atomic E-state index is 13.2. The summed E-state index contributed by atoms with van der Waals surface area (Å²) in [5.41, 5.74) is 0.702. The topological polar surface area (TPSA) is 115 Å². The lowest BCUT2D eigenvalue weighted by molar-refractivity contribution is 0.0957. The quantitative estimate of drug-likeness (QED) is 0.635. The van der Waals surface area contributed by atoms with Crippen LogP contribution in [0, 0.1) is 5.95 Å². The molecule has 0 spiro atoms. The summed E-state index contributed by atoms with van der Waals surface area (Å²) in [7, 11) is -3.98. The van der Waals surface area contributed by atoms with Crippen LogP contribution in [0.25, 0.3) is 5.69 Å². The van der Waals surface area contributed by atoms with Gasteiger partial charge in [0.05, 0.1) is 40.8 Å². The highest BCUT2D eigenvalue weighted by Crippen LogP contribution is 2.25. The van der Waals surface area contributed by atoms with Crippen molar-refractivity contribution >= 4 is 21.6 Å². The third kappa shape index (κ3) is 3.51. The molecular weight excluding hydrogens is 389 g/mol. The zero-order valence-corrected chi connectivity index (χ0v) is 15.1. The van der Waals surface area contributed by atoms with E-state index in [0.29, 0.717) is 24.6 Å². The molecule has 0 fully saturated rings. The van der Waals surface area contributed by atoms with Crippen LogP contribution in [0.5, 0.6) is 5.75 Å². The molecule has 0 aliphatic carbocycles. The fourth-order valence-corrected chi connectivity index (χ4v) is 3.72. The number of hydrogen-bond donors (Lipinski definition) is 2. The molecule has 0 radical (unpaired) electrons. The molecule has 9 nitrogen and oxygen atoms in total. The van der Waals surface area contributed by atoms with E-state index >= 15 is 0 Å². The second-order valence-electron chi connectivity index (χ2n) is 5.88. The number of carbonyl (C=O) groups excluding carboxylic acids is 1. The van der Waals surface area contributed by atoms with Gasteiger partial charge in [0.1, 0.15) is 12.4 Å². The minimum atomic E-state index is -3.98. The monoisotopic (exact) mass is 403 g/mol. The summed E-state index contributed by atoms with van der Waals surface area (Å²) in [5, 5.41) is 6.64. The van der Waals surface area contributed by atoms with E-state index in [1.54, 1.807) is 0 Å². The third-order valence-corrected chi connectivity index (χ3v) is 5.34. The number of amides is 1. The molecule has 2 aromatic heterocycles. The first-order valence-electron chi connectivity index (χ1n) is 8.17. The summed E-state index contributed by atoms with van der Waals surface area (Å²) in [5.74, 6) is -0.765. The maximum Gasteiger partial charge on any atom is 0.262 e. The number of nitrogens with zero attached hydrogens (tertiary/aromatic N) is 3. The first-order chi connectivity index (χ1) is 13.4. The highest BCUT2D eigenvalue weighted by Gasteiger charge is 2.22. The fraction of sp³-hybridized carbons (Fsp3) is 0.118. The molecule has 1 aliphatic heterocycles. The van der Waals surface area contributed by atoms with Gasteiger partial charge in [-0.1, -0.05) is 0 Å². The molecule has 0 bridgehead atoms. The highest BCUT2D eigenvalue weighted by atomic mass is 32.2. The number of halogens is 1. The number of aromatic nitrogens is 3. The van der Waals surface area contributed by atoms with Crippen molar-refractivity contribution in [1.29, 1.82) is 0 Å². The lowest BCUT2D eigenvalue weighted by Gasteiger charge is -2.09. The van der Waals surface area contributed by atoms with Crippen LogP contribution in [0.2, 0.25) is 0 Å². The van der Waals surface area contributed by atoms with Crippen molar-refractivity contribution in [3.8, 4) is 11.4 Å². The molecule has 28 heavy (non-hydrogen) atoms. The smallest absolute Gasteiger partial charge is 0.262 e. The Labute approximate surface area is 159 Å². The van der Waals surface area contributed by atoms with Crippen molar-refractivity contribution < 1.29 is 22.3 Å². The summed E-state index contributed by atoms with van der Waals surface area (Å²) in [6, 6.07) is 6.73. The Morgan fingerprint density at radius 2 is 2.11 bits per heavy atom. The predicted octanol–water partition coefficient (Wildman–Crippen LogP) is 1.33. The normalized spacial score (nSPS) is 13.8. The van der Waals surface area contributed by atoms with Crippen molar-refractivity contribution in [3.05, 3.63) is 60.4 Å². The lowest BCUT2D eigenvalue weighted by Crippen LogP contribution is -2.24. The molecule has 3 aromatic rings. The van der Waals surface area contributed by atoms with E-state index in [1.165, 1.54) is 47.5 Å². The number of hydrogen-bond acceptors (Lipinski definition) is 6. The number of pyridine rings is 1. The van der Waals surface area contributed by atoms with Gasteiger partial charge >= 0.3 is 0 Å². The van der Waals surface area contributed by atoms with E-state index in [-0.39, 0.29) is 16.1 Å². The summed E-state index contributed by atoms with van der Waals surface area (Å²) >= 11 is 0. The van der Waals surface area contributed by atoms with Crippen LogP contribution in [0.15, 0.2) is 53.8 Å². The van der Waals surface area contributed by atoms with Gasteiger partial charge in [0.2, 0.25) is 5.95 Å². The van der Waals surface area contributed by atoms with E-state index in [0.717, 1.165) is 6.07 Å². The Hall–Kier alpha value is -3.47. The number of carbonyl (C=O) groups is 1. The van der Waals surface area contributed by atoms with Crippen LogP contribution in [0.3, 0.4) is 0 Å². The zero-order chi connectivity index (χ0) is 19.7. The molecule has 0 unspecified atom stereocenters. The molecule has 0 atom stereocenters. The number of anilines is 1. The molecule has 0 saturated carbocycles. The summed E-state index contributed by atoms with van der Waals surface area (Å²) in [6.45, 7) is 0.639. The molecule has 1 aromatic carbocycles. The van der Waals surface area contributed by atoms with Gasteiger partial charge in [-0.05, 0) is 24.3 Å². The van der Waals surface area contributed by atoms with Crippen LogP contribution in [0.4, 0.5) is 10.1 Å². The van der Waals surface area contributed by atoms with E-state index in [1.807, 2.05) is 0 Å². The van der Waals surface area contributed by atoms with Crippen LogP contribution in [-0.4, -0.2) is 42.2 Å². The standard InChI is InChI=1S/C17H14FN5O4S/c18-16-7-12(3-4-19-16)23-10-11(9-21-23)22-28(25,26)13-1-2-15-14(8-13)17(24)20-5-6-27-15/h1-4,7-10,22H,5-6H2,(H,20,24). The van der Waals surface area contributed by atoms with Crippen molar-refractivity contribution in [3.63, 3.8) is 0 Å². The Kier molecular flexibility index (Phi) is 4.43. The largest absolute Gasteiger partial charge is 0.491 e. The molecule has 3 heterocycles. The zero-order valence-electron chi connectivity index (χ0n) is 14.3. The Morgan fingerprint density at radius 3 is 2.93 bits per heavy atom. The number of nitrogens with one attached hydrogen (secondary N) is 2. The Morgan fingerprint density at radius 1 is 1.25 bits per heavy atom. The first kappa shape index (κ1) is 17.9. The van der Waals surface area contributed by atoms with E-state index < -0.39 is 21.9 Å². The Bertz CT molecular complexity index is 1160. The molecule has 1 amide bonds. The summed E-state index contributed by atoms with van der Waals surface area (Å²) < 4.78 is 47.7. The van der Waals surface area contributed by atoms with Gasteiger partial charge in [0, 0.05) is 12.3 Å². The molecule has 144 valence electrons. The van der Waals surface area contributed by atoms with Gasteiger partial charge in [0.25, 0.3) is 15.9 Å². The molecule has 0 saturated heterocycles. The minimum absolute atomic E-state index is 0.102. The van der Waals surface area contributed by atoms with Gasteiger partial charge in [-0.15, -0.1) is 0 Å². The molecule has 4 rings (SSSR count). The summed E-state index contributed by atoms with van der Waals surface area (Å²) in [4.78, 5) is 15.4. The fourth-order valence-electron chi connectivity index (χ4n) is 2.67. The van der Waals surface area contributed by atoms with Gasteiger partial charge in [-0.2, -0.15) is 9.49 Å². The maximum atomic E-state index is 13.2. The van der Waals surface area contributed by atoms with Crippen molar-refractivity contribution in [2.75, 3.05) is 17.9 Å². The predicted molar refractivity (Wildman–Crippen MR) is 96.4 cm³/mol. The highest BCUT2D eigenvalue weighted by molar-refractivity contribution is 7.92. The van der Waals surface area contributed by atoms with Crippen molar-refractivity contribution in [2.24, 2.45) is 0 Å². The van der Waals surface area contributed by atoms with Gasteiger partial charge in [-0.25, -0.2) is 18.1 Å². The van der Waals surface area contributed by atoms with E-state index in [4.69, 9.17) is 4.74 Å². The number of sulfonamides is 1. The average molecular weight is 403 g/mol. The molecular formula is C17H14FN5O4S. The molecule has 2 N–H and O–H groups in total. The third-order valence-electron chi connectivity index (χ3n) is 3.96. The van der Waals surface area contributed by atoms with Crippen LogP contribution in [-0.2, 0) is 10.0 Å². The molecule has 11 heteroatoms. The van der Waals surface area contributed by atoms with Gasteiger partial charge in [-0.3, -0.25) is 9.52 Å². The molecule has 1 aliphatic rings. The van der Waals surface area contributed by atoms with Crippen LogP contribution >= 0.6 is 0 Å². The number of benzene rings is 1. The summed E-state index contributed by atoms with van der Waals surface area (Å²) in [6.07, 6.45) is 3.96. The van der Waals surface area contributed by atoms with E-state index in [2.05, 4.69) is 20.1 Å². The van der Waals surface area contributed by atoms with Crippen LogP contribution < -0.4 is 14.8 Å². The first-order valence-corrected chi connectivity index (χ1v) is 9.65. The van der Waals surface area contributed by atoms with Gasteiger partial charge in [0.15, 0.2) is 0 Å². The van der Waals surface area contributed by atoms with Crippen molar-refractivity contribution in [2.45, 2.75) is 4.90 Å². The average Bonchev–Trinajstić information content (AvgIpc) is 3.04. The van der Waals surface area contributed by atoms with E-state index in [9.17, 15) is 17.6 Å². The number of ether oxygens (including phenoxy) is 1. The lowest BCUT2D eigenvalue weighted by atomic mass is 10.2. The number of fused-ring (bicyclic) bond motifs is 1. The van der Waals surface area contributed by atoms with Crippen molar-refractivity contribution in [1.82, 2.24) is 20.1 Å².